The molecule has 0 saturated carbocycles. The van der Waals surface area contributed by atoms with E-state index in [1.807, 2.05) is 11.8 Å². The summed E-state index contributed by atoms with van der Waals surface area (Å²) in [7, 11) is 1.41. The number of rotatable bonds is 4. The Balaban J connectivity index is 2.15. The first-order chi connectivity index (χ1) is 6.74. The predicted octanol–water partition coefficient (Wildman–Crippen LogP) is 1.84. The Labute approximate surface area is 97.0 Å². The Bertz CT molecular complexity index is 183. The molecule has 1 aliphatic heterocycles. The Hall–Kier alpha value is 0.260. The Morgan fingerprint density at radius 3 is 2.86 bits per heavy atom. The van der Waals surface area contributed by atoms with E-state index in [9.17, 15) is 4.79 Å². The van der Waals surface area contributed by atoms with Crippen LogP contribution in [0.2, 0.25) is 0 Å². The van der Waals surface area contributed by atoms with Crippen molar-refractivity contribution in [2.24, 2.45) is 0 Å². The molecule has 5 heteroatoms. The third-order valence-electron chi connectivity index (χ3n) is 2.10. The van der Waals surface area contributed by atoms with Crippen molar-refractivity contribution < 1.29 is 14.3 Å². The molecule has 1 aliphatic rings. The summed E-state index contributed by atoms with van der Waals surface area (Å²) in [6.07, 6.45) is 2.18. The quantitative estimate of drug-likeness (QED) is 0.582. The molecule has 1 fully saturated rings. The van der Waals surface area contributed by atoms with Crippen LogP contribution in [0.25, 0.3) is 0 Å². The molecule has 3 nitrogen and oxygen atoms in total. The van der Waals surface area contributed by atoms with Crippen molar-refractivity contribution in [3.8, 4) is 0 Å². The van der Waals surface area contributed by atoms with Crippen LogP contribution >= 0.6 is 27.7 Å². The lowest BCUT2D eigenvalue weighted by molar-refractivity contribution is -0.139. The number of hydrogen-bond acceptors (Lipinski definition) is 4. The molecule has 1 unspecified atom stereocenters. The Kier molecular flexibility index (Phi) is 5.89. The van der Waals surface area contributed by atoms with Gasteiger partial charge in [-0.05, 0) is 12.8 Å². The molecular weight excluding hydrogens is 268 g/mol. The zero-order chi connectivity index (χ0) is 10.4. The van der Waals surface area contributed by atoms with Gasteiger partial charge in [-0.25, -0.2) is 0 Å². The third kappa shape index (κ3) is 4.19. The minimum Gasteiger partial charge on any atom is -0.468 e. The van der Waals surface area contributed by atoms with Gasteiger partial charge in [-0.15, -0.1) is 0 Å². The molecule has 1 rings (SSSR count). The van der Waals surface area contributed by atoms with E-state index in [4.69, 9.17) is 4.74 Å². The number of hydrogen-bond donors (Lipinski definition) is 0. The van der Waals surface area contributed by atoms with Crippen LogP contribution in [-0.2, 0) is 14.3 Å². The largest absolute Gasteiger partial charge is 0.468 e. The molecule has 14 heavy (non-hydrogen) atoms. The first kappa shape index (κ1) is 12.3. The maximum atomic E-state index is 11.1. The monoisotopic (exact) mass is 282 g/mol. The first-order valence-electron chi connectivity index (χ1n) is 4.65. The van der Waals surface area contributed by atoms with Crippen molar-refractivity contribution in [2.75, 3.05) is 26.1 Å². The van der Waals surface area contributed by atoms with Crippen LogP contribution in [0, 0.1) is 0 Å². The maximum Gasteiger partial charge on any atom is 0.320 e. The number of carbonyl (C=O) groups excluding carboxylic acids is 1. The van der Waals surface area contributed by atoms with Crippen LogP contribution in [0.15, 0.2) is 0 Å². The standard InChI is InChI=1S/C9H15BrO3S/c1-12-9(11)8(10)6-14-7-2-4-13-5-3-7/h7-8H,2-6H2,1H3. The second kappa shape index (κ2) is 6.69. The number of methoxy groups -OCH3 is 1. The molecule has 0 bridgehead atoms. The highest BCUT2D eigenvalue weighted by atomic mass is 79.9. The molecule has 0 aliphatic carbocycles. The van der Waals surface area contributed by atoms with Gasteiger partial charge in [0.15, 0.2) is 0 Å². The van der Waals surface area contributed by atoms with Gasteiger partial charge >= 0.3 is 5.97 Å². The molecule has 0 radical (unpaired) electrons. The van der Waals surface area contributed by atoms with Gasteiger partial charge in [-0.3, -0.25) is 4.79 Å². The summed E-state index contributed by atoms with van der Waals surface area (Å²) < 4.78 is 9.89. The Morgan fingerprint density at radius 2 is 2.29 bits per heavy atom. The Morgan fingerprint density at radius 1 is 1.64 bits per heavy atom. The fraction of sp³-hybridized carbons (Fsp3) is 0.889. The molecule has 0 aromatic carbocycles. The number of alkyl halides is 1. The van der Waals surface area contributed by atoms with E-state index in [0.717, 1.165) is 31.8 Å². The molecule has 0 amide bonds. The lowest BCUT2D eigenvalue weighted by Gasteiger charge is -2.22. The first-order valence-corrected chi connectivity index (χ1v) is 6.61. The van der Waals surface area contributed by atoms with Gasteiger partial charge in [-0.1, -0.05) is 15.9 Å². The topological polar surface area (TPSA) is 35.5 Å². The molecule has 1 atom stereocenters. The van der Waals surface area contributed by atoms with Crippen molar-refractivity contribution in [1.29, 1.82) is 0 Å². The predicted molar refractivity (Wildman–Crippen MR) is 61.0 cm³/mol. The molecule has 0 aromatic heterocycles. The van der Waals surface area contributed by atoms with E-state index in [1.165, 1.54) is 7.11 Å². The molecule has 0 aromatic rings. The highest BCUT2D eigenvalue weighted by Gasteiger charge is 2.19. The fourth-order valence-electron chi connectivity index (χ4n) is 1.26. The third-order valence-corrected chi connectivity index (χ3v) is 4.70. The van der Waals surface area contributed by atoms with Gasteiger partial charge in [0.05, 0.1) is 7.11 Å². The van der Waals surface area contributed by atoms with Crippen LogP contribution in [0.3, 0.4) is 0 Å². The zero-order valence-electron chi connectivity index (χ0n) is 8.20. The summed E-state index contributed by atoms with van der Waals surface area (Å²) in [6, 6.07) is 0. The lowest BCUT2D eigenvalue weighted by atomic mass is 10.2. The average Bonchev–Trinajstić information content (AvgIpc) is 2.26. The summed E-state index contributed by atoms with van der Waals surface area (Å²) in [5, 5.41) is 0.633. The highest BCUT2D eigenvalue weighted by Crippen LogP contribution is 2.24. The van der Waals surface area contributed by atoms with E-state index in [1.54, 1.807) is 0 Å². The summed E-state index contributed by atoms with van der Waals surface area (Å²) >= 11 is 5.13. The van der Waals surface area contributed by atoms with E-state index < -0.39 is 0 Å². The molecule has 1 heterocycles. The van der Waals surface area contributed by atoms with Crippen LogP contribution in [0.4, 0.5) is 0 Å². The summed E-state index contributed by atoms with van der Waals surface area (Å²) in [5.41, 5.74) is 0. The van der Waals surface area contributed by atoms with Gasteiger partial charge < -0.3 is 9.47 Å². The summed E-state index contributed by atoms with van der Waals surface area (Å²) in [4.78, 5) is 10.9. The van der Waals surface area contributed by atoms with Gasteiger partial charge in [0.1, 0.15) is 4.83 Å². The normalized spacial score (nSPS) is 20.4. The fourth-order valence-corrected chi connectivity index (χ4v) is 3.01. The second-order valence-electron chi connectivity index (χ2n) is 3.14. The summed E-state index contributed by atoms with van der Waals surface area (Å²) in [5.74, 6) is 0.585. The molecule has 0 spiro atoms. The maximum absolute atomic E-state index is 11.1. The van der Waals surface area contributed by atoms with E-state index in [-0.39, 0.29) is 10.8 Å². The van der Waals surface area contributed by atoms with Crippen LogP contribution < -0.4 is 0 Å². The molecular formula is C9H15BrO3S. The van der Waals surface area contributed by atoms with Crippen molar-refractivity contribution in [3.63, 3.8) is 0 Å². The second-order valence-corrected chi connectivity index (χ2v) is 5.57. The van der Waals surface area contributed by atoms with Gasteiger partial charge in [0.2, 0.25) is 0 Å². The highest BCUT2D eigenvalue weighted by molar-refractivity contribution is 9.10. The van der Waals surface area contributed by atoms with Crippen LogP contribution in [-0.4, -0.2) is 42.1 Å². The van der Waals surface area contributed by atoms with E-state index in [2.05, 4.69) is 20.7 Å². The average molecular weight is 283 g/mol. The minimum atomic E-state index is -0.190. The molecule has 1 saturated heterocycles. The molecule has 82 valence electrons. The van der Waals surface area contributed by atoms with Crippen LogP contribution in [0.1, 0.15) is 12.8 Å². The SMILES string of the molecule is COC(=O)C(Br)CSC1CCOCC1. The molecule has 0 N–H and O–H groups in total. The number of ether oxygens (including phenoxy) is 2. The smallest absolute Gasteiger partial charge is 0.320 e. The van der Waals surface area contributed by atoms with Gasteiger partial charge in [-0.2, -0.15) is 11.8 Å². The van der Waals surface area contributed by atoms with Crippen molar-refractivity contribution in [2.45, 2.75) is 22.9 Å². The van der Waals surface area contributed by atoms with E-state index in [0.29, 0.717) is 5.25 Å². The van der Waals surface area contributed by atoms with Crippen molar-refractivity contribution in [3.05, 3.63) is 0 Å². The number of thioether (sulfide) groups is 1. The van der Waals surface area contributed by atoms with Crippen molar-refractivity contribution in [1.82, 2.24) is 0 Å². The van der Waals surface area contributed by atoms with Crippen LogP contribution in [0.5, 0.6) is 0 Å². The lowest BCUT2D eigenvalue weighted by Crippen LogP contribution is -2.22. The minimum absolute atomic E-state index is 0.180. The van der Waals surface area contributed by atoms with Gasteiger partial charge in [0, 0.05) is 24.2 Å². The summed E-state index contributed by atoms with van der Waals surface area (Å²) in [6.45, 7) is 1.70. The number of carbonyl (C=O) groups is 1. The van der Waals surface area contributed by atoms with E-state index >= 15 is 0 Å². The zero-order valence-corrected chi connectivity index (χ0v) is 10.6. The van der Waals surface area contributed by atoms with Crippen molar-refractivity contribution >= 4 is 33.7 Å². The number of esters is 1. The number of halogens is 1. The van der Waals surface area contributed by atoms with Gasteiger partial charge in [0.25, 0.3) is 0 Å².